The summed E-state index contributed by atoms with van der Waals surface area (Å²) in [6.07, 6.45) is 1.46. The molecular weight excluding hydrogens is 212 g/mol. The van der Waals surface area contributed by atoms with Crippen LogP contribution in [0.25, 0.3) is 0 Å². The summed E-state index contributed by atoms with van der Waals surface area (Å²) < 4.78 is 5.51. The van der Waals surface area contributed by atoms with Crippen molar-refractivity contribution in [1.82, 2.24) is 9.97 Å². The van der Waals surface area contributed by atoms with Crippen molar-refractivity contribution in [3.05, 3.63) is 47.4 Å². The maximum Gasteiger partial charge on any atom is 0.222 e. The Morgan fingerprint density at radius 3 is 2.73 bits per heavy atom. The smallest absolute Gasteiger partial charge is 0.222 e. The molecule has 1 aromatic carbocycles. The first kappa shape index (κ1) is 9.93. The highest BCUT2D eigenvalue weighted by molar-refractivity contribution is 6.32. The van der Waals surface area contributed by atoms with Crippen LogP contribution < -0.4 is 4.74 Å². The van der Waals surface area contributed by atoms with E-state index in [1.165, 1.54) is 6.33 Å². The van der Waals surface area contributed by atoms with Crippen molar-refractivity contribution in [2.75, 3.05) is 0 Å². The number of nitrogens with zero attached hydrogens (tertiary/aromatic N) is 2. The minimum absolute atomic E-state index is 0.496. The first-order valence-electron chi connectivity index (χ1n) is 4.47. The third-order valence-electron chi connectivity index (χ3n) is 1.83. The number of ether oxygens (including phenoxy) is 1. The molecule has 0 amide bonds. The molecule has 3 nitrogen and oxygen atoms in total. The zero-order chi connectivity index (χ0) is 10.7. The molecule has 1 aromatic heterocycles. The number of halogens is 1. The quantitative estimate of drug-likeness (QED) is 0.780. The van der Waals surface area contributed by atoms with E-state index in [1.54, 1.807) is 18.2 Å². The van der Waals surface area contributed by atoms with Crippen LogP contribution in [0.1, 0.15) is 5.69 Å². The molecule has 0 atom stereocenters. The van der Waals surface area contributed by atoms with Crippen LogP contribution in [0, 0.1) is 6.92 Å². The molecule has 0 saturated heterocycles. The molecule has 2 rings (SSSR count). The summed E-state index contributed by atoms with van der Waals surface area (Å²) in [6.45, 7) is 1.88. The van der Waals surface area contributed by atoms with Gasteiger partial charge in [-0.05, 0) is 19.1 Å². The van der Waals surface area contributed by atoms with Gasteiger partial charge in [-0.25, -0.2) is 9.97 Å². The van der Waals surface area contributed by atoms with Gasteiger partial charge in [0.2, 0.25) is 5.88 Å². The topological polar surface area (TPSA) is 35.0 Å². The summed E-state index contributed by atoms with van der Waals surface area (Å²) in [5.74, 6) is 1.09. The van der Waals surface area contributed by atoms with Crippen LogP contribution in [-0.4, -0.2) is 9.97 Å². The molecule has 1 heterocycles. The van der Waals surface area contributed by atoms with Crippen molar-refractivity contribution < 1.29 is 4.74 Å². The standard InChI is InChI=1S/C11H9ClN2O/c1-8-6-11(14-7-13-8)15-10-5-3-2-4-9(10)12/h2-7H,1H3. The summed E-state index contributed by atoms with van der Waals surface area (Å²) in [4.78, 5) is 7.96. The van der Waals surface area contributed by atoms with Gasteiger partial charge in [0, 0.05) is 11.8 Å². The van der Waals surface area contributed by atoms with Gasteiger partial charge in [0.05, 0.1) is 5.02 Å². The maximum absolute atomic E-state index is 5.95. The van der Waals surface area contributed by atoms with Crippen LogP contribution >= 0.6 is 11.6 Å². The Labute approximate surface area is 92.7 Å². The summed E-state index contributed by atoms with van der Waals surface area (Å²) in [5.41, 5.74) is 0.854. The minimum atomic E-state index is 0.496. The molecule has 0 aliphatic rings. The van der Waals surface area contributed by atoms with E-state index in [0.717, 1.165) is 5.69 Å². The second-order valence-corrected chi connectivity index (χ2v) is 3.44. The van der Waals surface area contributed by atoms with E-state index in [4.69, 9.17) is 16.3 Å². The molecule has 0 radical (unpaired) electrons. The molecule has 76 valence electrons. The van der Waals surface area contributed by atoms with E-state index in [9.17, 15) is 0 Å². The molecule has 0 spiro atoms. The summed E-state index contributed by atoms with van der Waals surface area (Å²) >= 11 is 5.95. The zero-order valence-electron chi connectivity index (χ0n) is 8.14. The second kappa shape index (κ2) is 4.28. The first-order valence-corrected chi connectivity index (χ1v) is 4.84. The predicted octanol–water partition coefficient (Wildman–Crippen LogP) is 3.23. The van der Waals surface area contributed by atoms with Crippen molar-refractivity contribution in [1.29, 1.82) is 0 Å². The van der Waals surface area contributed by atoms with Gasteiger partial charge in [-0.1, -0.05) is 23.7 Å². The van der Waals surface area contributed by atoms with Gasteiger partial charge < -0.3 is 4.74 Å². The molecular formula is C11H9ClN2O. The van der Waals surface area contributed by atoms with Gasteiger partial charge in [0.25, 0.3) is 0 Å². The lowest BCUT2D eigenvalue weighted by Crippen LogP contribution is -1.90. The van der Waals surface area contributed by atoms with Gasteiger partial charge in [0.1, 0.15) is 12.1 Å². The Hall–Kier alpha value is -1.61. The molecule has 4 heteroatoms. The monoisotopic (exact) mass is 220 g/mol. The fourth-order valence-corrected chi connectivity index (χ4v) is 1.30. The molecule has 2 aromatic rings. The minimum Gasteiger partial charge on any atom is -0.437 e. The predicted molar refractivity (Wildman–Crippen MR) is 58.3 cm³/mol. The van der Waals surface area contributed by atoms with Crippen LogP contribution in [0.3, 0.4) is 0 Å². The number of rotatable bonds is 2. The number of aryl methyl sites for hydroxylation is 1. The summed E-state index contributed by atoms with van der Waals surface area (Å²) in [5, 5.41) is 0.564. The average Bonchev–Trinajstić information content (AvgIpc) is 2.22. The number of benzene rings is 1. The lowest BCUT2D eigenvalue weighted by molar-refractivity contribution is 0.461. The zero-order valence-corrected chi connectivity index (χ0v) is 8.90. The lowest BCUT2D eigenvalue weighted by atomic mass is 10.3. The van der Waals surface area contributed by atoms with E-state index >= 15 is 0 Å². The highest BCUT2D eigenvalue weighted by atomic mass is 35.5. The highest BCUT2D eigenvalue weighted by Gasteiger charge is 2.02. The van der Waals surface area contributed by atoms with E-state index in [2.05, 4.69) is 9.97 Å². The molecule has 0 unspecified atom stereocenters. The first-order chi connectivity index (χ1) is 7.25. The Balaban J connectivity index is 2.26. The van der Waals surface area contributed by atoms with Crippen molar-refractivity contribution in [3.63, 3.8) is 0 Å². The maximum atomic E-state index is 5.95. The van der Waals surface area contributed by atoms with Crippen molar-refractivity contribution in [3.8, 4) is 11.6 Å². The van der Waals surface area contributed by atoms with E-state index < -0.39 is 0 Å². The van der Waals surface area contributed by atoms with Crippen LogP contribution in [-0.2, 0) is 0 Å². The van der Waals surface area contributed by atoms with Crippen LogP contribution in [0.2, 0.25) is 5.02 Å². The number of aromatic nitrogens is 2. The largest absolute Gasteiger partial charge is 0.437 e. The van der Waals surface area contributed by atoms with Gasteiger partial charge in [-0.2, -0.15) is 0 Å². The Morgan fingerprint density at radius 2 is 2.00 bits per heavy atom. The average molecular weight is 221 g/mol. The van der Waals surface area contributed by atoms with Crippen molar-refractivity contribution >= 4 is 11.6 Å². The number of hydrogen-bond donors (Lipinski definition) is 0. The molecule has 0 saturated carbocycles. The highest BCUT2D eigenvalue weighted by Crippen LogP contribution is 2.27. The van der Waals surface area contributed by atoms with Crippen LogP contribution in [0.4, 0.5) is 0 Å². The lowest BCUT2D eigenvalue weighted by Gasteiger charge is -2.05. The third kappa shape index (κ3) is 2.44. The molecule has 0 N–H and O–H groups in total. The molecule has 0 aliphatic heterocycles. The second-order valence-electron chi connectivity index (χ2n) is 3.03. The summed E-state index contributed by atoms with van der Waals surface area (Å²) in [7, 11) is 0. The van der Waals surface area contributed by atoms with E-state index in [0.29, 0.717) is 16.7 Å². The Morgan fingerprint density at radius 1 is 1.20 bits per heavy atom. The Kier molecular flexibility index (Phi) is 2.83. The molecule has 0 fully saturated rings. The summed E-state index contributed by atoms with van der Waals surface area (Å²) in [6, 6.07) is 9.02. The van der Waals surface area contributed by atoms with E-state index in [-0.39, 0.29) is 0 Å². The number of hydrogen-bond acceptors (Lipinski definition) is 3. The fraction of sp³-hybridized carbons (Fsp3) is 0.0909. The van der Waals surface area contributed by atoms with Crippen molar-refractivity contribution in [2.24, 2.45) is 0 Å². The Bertz CT molecular complexity index is 474. The van der Waals surface area contributed by atoms with Crippen molar-refractivity contribution in [2.45, 2.75) is 6.92 Å². The van der Waals surface area contributed by atoms with Crippen LogP contribution in [0.15, 0.2) is 36.7 Å². The van der Waals surface area contributed by atoms with E-state index in [1.807, 2.05) is 19.1 Å². The molecule has 0 aliphatic carbocycles. The molecule has 15 heavy (non-hydrogen) atoms. The normalized spacial score (nSPS) is 10.0. The van der Waals surface area contributed by atoms with Gasteiger partial charge in [-0.15, -0.1) is 0 Å². The molecule has 0 bridgehead atoms. The third-order valence-corrected chi connectivity index (χ3v) is 2.14. The van der Waals surface area contributed by atoms with Gasteiger partial charge in [0.15, 0.2) is 0 Å². The fourth-order valence-electron chi connectivity index (χ4n) is 1.13. The SMILES string of the molecule is Cc1cc(Oc2ccccc2Cl)ncn1. The van der Waals surface area contributed by atoms with Gasteiger partial charge in [-0.3, -0.25) is 0 Å². The van der Waals surface area contributed by atoms with Gasteiger partial charge >= 0.3 is 0 Å². The number of para-hydroxylation sites is 1. The van der Waals surface area contributed by atoms with Crippen LogP contribution in [0.5, 0.6) is 11.6 Å².